The molecule has 4 heteroatoms. The van der Waals surface area contributed by atoms with Gasteiger partial charge in [-0.15, -0.1) is 0 Å². The number of likely N-dealkylation sites (N-methyl/N-ethyl adjacent to an activating group) is 1. The fraction of sp³-hybridized carbons (Fsp3) is 0.538. The van der Waals surface area contributed by atoms with Crippen LogP contribution in [0.25, 0.3) is 0 Å². The van der Waals surface area contributed by atoms with Crippen molar-refractivity contribution in [2.24, 2.45) is 0 Å². The maximum absolute atomic E-state index is 13.1. The van der Waals surface area contributed by atoms with Crippen molar-refractivity contribution in [3.05, 3.63) is 29.0 Å². The van der Waals surface area contributed by atoms with Crippen LogP contribution in [-0.2, 0) is 0 Å². The molecule has 17 heavy (non-hydrogen) atoms. The average Bonchev–Trinajstić information content (AvgIpc) is 2.32. The average molecular weight is 257 g/mol. The molecule has 1 unspecified atom stereocenters. The third kappa shape index (κ3) is 3.33. The summed E-state index contributed by atoms with van der Waals surface area (Å²) in [5.41, 5.74) is 0.686. The molecular weight excluding hydrogens is 239 g/mol. The Bertz CT molecular complexity index is 384. The predicted octanol–water partition coefficient (Wildman–Crippen LogP) is 3.38. The predicted molar refractivity (Wildman–Crippen MR) is 70.2 cm³/mol. The van der Waals surface area contributed by atoms with Gasteiger partial charge in [0, 0.05) is 12.6 Å². The van der Waals surface area contributed by atoms with Gasteiger partial charge < -0.3 is 10.2 Å². The lowest BCUT2D eigenvalue weighted by Gasteiger charge is -2.32. The Morgan fingerprint density at radius 2 is 2.29 bits per heavy atom. The van der Waals surface area contributed by atoms with Crippen LogP contribution < -0.4 is 5.32 Å². The molecule has 1 aromatic carbocycles. The number of halogens is 2. The van der Waals surface area contributed by atoms with E-state index in [1.165, 1.54) is 31.4 Å². The van der Waals surface area contributed by atoms with Crippen LogP contribution in [0.2, 0.25) is 5.02 Å². The van der Waals surface area contributed by atoms with Gasteiger partial charge in [-0.3, -0.25) is 0 Å². The van der Waals surface area contributed by atoms with Gasteiger partial charge in [0.05, 0.1) is 10.7 Å². The highest BCUT2D eigenvalue weighted by molar-refractivity contribution is 6.33. The van der Waals surface area contributed by atoms with Crippen LogP contribution in [0, 0.1) is 5.82 Å². The molecule has 0 bridgehead atoms. The molecule has 94 valence electrons. The van der Waals surface area contributed by atoms with Crippen LogP contribution >= 0.6 is 11.6 Å². The third-order valence-electron chi connectivity index (χ3n) is 3.38. The van der Waals surface area contributed by atoms with Crippen molar-refractivity contribution in [2.45, 2.75) is 25.3 Å². The molecule has 0 saturated carbocycles. The Morgan fingerprint density at radius 1 is 1.47 bits per heavy atom. The highest BCUT2D eigenvalue weighted by Crippen LogP contribution is 2.23. The van der Waals surface area contributed by atoms with Crippen LogP contribution in [0.4, 0.5) is 10.1 Å². The molecule has 1 aromatic rings. The van der Waals surface area contributed by atoms with Crippen LogP contribution in [0.3, 0.4) is 0 Å². The minimum absolute atomic E-state index is 0.256. The monoisotopic (exact) mass is 256 g/mol. The van der Waals surface area contributed by atoms with Crippen LogP contribution in [0.15, 0.2) is 18.2 Å². The molecule has 1 atom stereocenters. The normalized spacial score (nSPS) is 21.5. The SMILES string of the molecule is CN1CCCCC1CNc1cc(F)ccc1Cl. The summed E-state index contributed by atoms with van der Waals surface area (Å²) in [6, 6.07) is 4.93. The minimum atomic E-state index is -0.256. The molecule has 0 radical (unpaired) electrons. The molecule has 1 N–H and O–H groups in total. The van der Waals surface area contributed by atoms with Crippen molar-refractivity contribution >= 4 is 17.3 Å². The first kappa shape index (κ1) is 12.7. The third-order valence-corrected chi connectivity index (χ3v) is 3.71. The van der Waals surface area contributed by atoms with Gasteiger partial charge >= 0.3 is 0 Å². The topological polar surface area (TPSA) is 15.3 Å². The highest BCUT2D eigenvalue weighted by atomic mass is 35.5. The Labute approximate surface area is 107 Å². The Morgan fingerprint density at radius 3 is 3.06 bits per heavy atom. The number of hydrogen-bond acceptors (Lipinski definition) is 2. The highest BCUT2D eigenvalue weighted by Gasteiger charge is 2.18. The lowest BCUT2D eigenvalue weighted by atomic mass is 10.0. The van der Waals surface area contributed by atoms with Crippen LogP contribution in [-0.4, -0.2) is 31.1 Å². The molecule has 1 fully saturated rings. The molecule has 1 heterocycles. The lowest BCUT2D eigenvalue weighted by Crippen LogP contribution is -2.40. The van der Waals surface area contributed by atoms with Gasteiger partial charge in [0.25, 0.3) is 0 Å². The smallest absolute Gasteiger partial charge is 0.125 e. The van der Waals surface area contributed by atoms with Gasteiger partial charge in [-0.2, -0.15) is 0 Å². The zero-order valence-corrected chi connectivity index (χ0v) is 10.8. The summed E-state index contributed by atoms with van der Waals surface area (Å²) in [5, 5.41) is 3.81. The van der Waals surface area contributed by atoms with E-state index in [9.17, 15) is 4.39 Å². The Balaban J connectivity index is 1.94. The summed E-state index contributed by atoms with van der Waals surface area (Å²) in [7, 11) is 2.14. The largest absolute Gasteiger partial charge is 0.382 e. The van der Waals surface area contributed by atoms with Gasteiger partial charge in [0.2, 0.25) is 0 Å². The number of nitrogens with zero attached hydrogens (tertiary/aromatic N) is 1. The first-order chi connectivity index (χ1) is 8.16. The molecule has 0 spiro atoms. The van der Waals surface area contributed by atoms with Crippen LogP contribution in [0.1, 0.15) is 19.3 Å². The molecule has 0 aromatic heterocycles. The van der Waals surface area contributed by atoms with E-state index in [0.29, 0.717) is 16.8 Å². The molecule has 1 saturated heterocycles. The second-order valence-electron chi connectivity index (χ2n) is 4.64. The van der Waals surface area contributed by atoms with Crippen molar-refractivity contribution in [1.29, 1.82) is 0 Å². The van der Waals surface area contributed by atoms with Crippen molar-refractivity contribution in [3.63, 3.8) is 0 Å². The fourth-order valence-corrected chi connectivity index (χ4v) is 2.45. The zero-order chi connectivity index (χ0) is 12.3. The van der Waals surface area contributed by atoms with Crippen molar-refractivity contribution < 1.29 is 4.39 Å². The van der Waals surface area contributed by atoms with E-state index in [1.54, 1.807) is 6.07 Å². The molecule has 1 aliphatic heterocycles. The van der Waals surface area contributed by atoms with E-state index in [1.807, 2.05) is 0 Å². The van der Waals surface area contributed by atoms with Crippen molar-refractivity contribution in [2.75, 3.05) is 25.5 Å². The molecule has 0 amide bonds. The van der Waals surface area contributed by atoms with E-state index in [2.05, 4.69) is 17.3 Å². The maximum atomic E-state index is 13.1. The number of piperidine rings is 1. The molecule has 1 aliphatic rings. The first-order valence-corrected chi connectivity index (χ1v) is 6.44. The number of anilines is 1. The minimum Gasteiger partial charge on any atom is -0.382 e. The molecule has 0 aliphatic carbocycles. The number of nitrogens with one attached hydrogen (secondary N) is 1. The summed E-state index contributed by atoms with van der Waals surface area (Å²) in [4.78, 5) is 2.35. The van der Waals surface area contributed by atoms with Gasteiger partial charge in [0.15, 0.2) is 0 Å². The van der Waals surface area contributed by atoms with Gasteiger partial charge in [-0.1, -0.05) is 18.0 Å². The molecule has 2 nitrogen and oxygen atoms in total. The van der Waals surface area contributed by atoms with Gasteiger partial charge in [0.1, 0.15) is 5.82 Å². The van der Waals surface area contributed by atoms with Gasteiger partial charge in [-0.25, -0.2) is 4.39 Å². The molecular formula is C13H18ClFN2. The first-order valence-electron chi connectivity index (χ1n) is 6.06. The molecule has 2 rings (SSSR count). The Kier molecular flexibility index (Phi) is 4.24. The summed E-state index contributed by atoms with van der Waals surface area (Å²) < 4.78 is 13.1. The van der Waals surface area contributed by atoms with E-state index in [-0.39, 0.29) is 5.82 Å². The zero-order valence-electron chi connectivity index (χ0n) is 10.0. The van der Waals surface area contributed by atoms with Crippen molar-refractivity contribution in [3.8, 4) is 0 Å². The fourth-order valence-electron chi connectivity index (χ4n) is 2.26. The number of likely N-dealkylation sites (tertiary alicyclic amines) is 1. The standard InChI is InChI=1S/C13H18ClFN2/c1-17-7-3-2-4-11(17)9-16-13-8-10(15)5-6-12(13)14/h5-6,8,11,16H,2-4,7,9H2,1H3. The maximum Gasteiger partial charge on any atom is 0.125 e. The number of hydrogen-bond donors (Lipinski definition) is 1. The van der Waals surface area contributed by atoms with E-state index in [0.717, 1.165) is 13.1 Å². The summed E-state index contributed by atoms with van der Waals surface area (Å²) >= 11 is 6.01. The second kappa shape index (κ2) is 5.69. The lowest BCUT2D eigenvalue weighted by molar-refractivity contribution is 0.194. The summed E-state index contributed by atoms with van der Waals surface area (Å²) in [6.07, 6.45) is 3.73. The summed E-state index contributed by atoms with van der Waals surface area (Å²) in [6.45, 7) is 1.96. The Hall–Kier alpha value is -0.800. The van der Waals surface area contributed by atoms with Crippen LogP contribution in [0.5, 0.6) is 0 Å². The van der Waals surface area contributed by atoms with E-state index >= 15 is 0 Å². The number of benzene rings is 1. The van der Waals surface area contributed by atoms with E-state index in [4.69, 9.17) is 11.6 Å². The van der Waals surface area contributed by atoms with Crippen molar-refractivity contribution in [1.82, 2.24) is 4.90 Å². The second-order valence-corrected chi connectivity index (χ2v) is 5.04. The number of rotatable bonds is 3. The quantitative estimate of drug-likeness (QED) is 0.892. The van der Waals surface area contributed by atoms with Gasteiger partial charge in [-0.05, 0) is 44.6 Å². The summed E-state index contributed by atoms with van der Waals surface area (Å²) in [5.74, 6) is -0.256. The van der Waals surface area contributed by atoms with E-state index < -0.39 is 0 Å².